The lowest BCUT2D eigenvalue weighted by molar-refractivity contribution is 1.22. The van der Waals surface area contributed by atoms with E-state index in [2.05, 4.69) is 32.0 Å². The Bertz CT molecular complexity index is 441. The van der Waals surface area contributed by atoms with Gasteiger partial charge in [-0.15, -0.1) is 0 Å². The molecular weight excluding hydrogens is 240 g/mol. The fourth-order valence-corrected chi connectivity index (χ4v) is 1.72. The van der Waals surface area contributed by atoms with Crippen molar-refractivity contribution in [2.24, 2.45) is 0 Å². The van der Waals surface area contributed by atoms with E-state index in [-0.39, 0.29) is 0 Å². The summed E-state index contributed by atoms with van der Waals surface area (Å²) in [6, 6.07) is 8.11. The summed E-state index contributed by atoms with van der Waals surface area (Å²) < 4.78 is 1.07. The summed E-state index contributed by atoms with van der Waals surface area (Å²) in [5.41, 5.74) is 3.29. The summed E-state index contributed by atoms with van der Waals surface area (Å²) in [5, 5.41) is 0. The third-order valence-electron chi connectivity index (χ3n) is 2.23. The number of aromatic amines is 1. The number of H-pyrrole nitrogens is 1. The van der Waals surface area contributed by atoms with Gasteiger partial charge in [0.05, 0.1) is 5.69 Å². The summed E-state index contributed by atoms with van der Waals surface area (Å²) >= 11 is 3.44. The smallest absolute Gasteiger partial charge is 0.137 e. The number of nitrogens with zero attached hydrogens (tertiary/aromatic N) is 1. The molecule has 0 saturated carbocycles. The van der Waals surface area contributed by atoms with Gasteiger partial charge >= 0.3 is 0 Å². The minimum atomic E-state index is 0.932. The monoisotopic (exact) mass is 250 g/mol. The van der Waals surface area contributed by atoms with Crippen molar-refractivity contribution in [2.75, 3.05) is 0 Å². The first-order chi connectivity index (χ1) is 6.66. The molecule has 2 aromatic rings. The van der Waals surface area contributed by atoms with Crippen LogP contribution in [0.1, 0.15) is 11.4 Å². The standard InChI is InChI=1S/C11H11BrN2/c1-7-8(2)14-11(13-7)9-4-3-5-10(12)6-9/h3-6H,1-2H3,(H,13,14). The van der Waals surface area contributed by atoms with Crippen molar-refractivity contribution < 1.29 is 0 Å². The van der Waals surface area contributed by atoms with Crippen molar-refractivity contribution in [1.29, 1.82) is 0 Å². The van der Waals surface area contributed by atoms with Gasteiger partial charge in [-0.25, -0.2) is 4.98 Å². The molecule has 3 heteroatoms. The molecule has 1 aromatic heterocycles. The molecule has 0 radical (unpaired) electrons. The van der Waals surface area contributed by atoms with E-state index < -0.39 is 0 Å². The molecule has 0 aliphatic heterocycles. The van der Waals surface area contributed by atoms with Crippen LogP contribution >= 0.6 is 15.9 Å². The minimum Gasteiger partial charge on any atom is -0.342 e. The zero-order valence-corrected chi connectivity index (χ0v) is 9.72. The van der Waals surface area contributed by atoms with Crippen LogP contribution in [0.2, 0.25) is 0 Å². The van der Waals surface area contributed by atoms with E-state index in [1.54, 1.807) is 0 Å². The second kappa shape index (κ2) is 3.58. The Morgan fingerprint density at radius 1 is 1.29 bits per heavy atom. The maximum Gasteiger partial charge on any atom is 0.137 e. The van der Waals surface area contributed by atoms with Crippen LogP contribution in [0.3, 0.4) is 0 Å². The van der Waals surface area contributed by atoms with Crippen molar-refractivity contribution in [3.05, 3.63) is 40.1 Å². The predicted molar refractivity (Wildman–Crippen MR) is 61.2 cm³/mol. The third-order valence-corrected chi connectivity index (χ3v) is 2.72. The molecule has 0 fully saturated rings. The molecule has 1 heterocycles. The number of imidazole rings is 1. The van der Waals surface area contributed by atoms with Gasteiger partial charge in [0.25, 0.3) is 0 Å². The largest absolute Gasteiger partial charge is 0.342 e. The second-order valence-corrected chi connectivity index (χ2v) is 4.22. The molecule has 2 rings (SSSR count). The third kappa shape index (κ3) is 1.73. The molecule has 0 aliphatic rings. The van der Waals surface area contributed by atoms with Gasteiger partial charge in [0.2, 0.25) is 0 Å². The molecule has 0 unspecified atom stereocenters. The van der Waals surface area contributed by atoms with Crippen molar-refractivity contribution >= 4 is 15.9 Å². The lowest BCUT2D eigenvalue weighted by Gasteiger charge is -1.96. The first-order valence-corrected chi connectivity index (χ1v) is 5.25. The lowest BCUT2D eigenvalue weighted by atomic mass is 10.2. The normalized spacial score (nSPS) is 10.5. The van der Waals surface area contributed by atoms with Crippen molar-refractivity contribution in [3.8, 4) is 11.4 Å². The number of halogens is 1. The van der Waals surface area contributed by atoms with E-state index in [4.69, 9.17) is 0 Å². The number of benzene rings is 1. The van der Waals surface area contributed by atoms with Crippen LogP contribution in [0.5, 0.6) is 0 Å². The zero-order valence-electron chi connectivity index (χ0n) is 8.13. The van der Waals surface area contributed by atoms with E-state index in [0.29, 0.717) is 0 Å². The maximum atomic E-state index is 4.45. The molecule has 0 amide bonds. The van der Waals surface area contributed by atoms with Gasteiger partial charge < -0.3 is 4.98 Å². The van der Waals surface area contributed by atoms with Gasteiger partial charge in [0, 0.05) is 15.7 Å². The molecule has 1 N–H and O–H groups in total. The lowest BCUT2D eigenvalue weighted by Crippen LogP contribution is -1.80. The Morgan fingerprint density at radius 3 is 2.64 bits per heavy atom. The Labute approximate surface area is 91.5 Å². The highest BCUT2D eigenvalue weighted by atomic mass is 79.9. The Kier molecular flexibility index (Phi) is 2.42. The zero-order chi connectivity index (χ0) is 10.1. The SMILES string of the molecule is Cc1nc(-c2cccc(Br)c2)[nH]c1C. The molecule has 2 nitrogen and oxygen atoms in total. The van der Waals surface area contributed by atoms with Crippen molar-refractivity contribution in [3.63, 3.8) is 0 Å². The highest BCUT2D eigenvalue weighted by Gasteiger charge is 2.04. The van der Waals surface area contributed by atoms with Crippen LogP contribution < -0.4 is 0 Å². The summed E-state index contributed by atoms with van der Waals surface area (Å²) in [7, 11) is 0. The molecule has 0 spiro atoms. The molecule has 14 heavy (non-hydrogen) atoms. The number of aryl methyl sites for hydroxylation is 2. The number of rotatable bonds is 1. The highest BCUT2D eigenvalue weighted by Crippen LogP contribution is 2.21. The minimum absolute atomic E-state index is 0.932. The molecule has 0 saturated heterocycles. The first-order valence-electron chi connectivity index (χ1n) is 4.46. The molecular formula is C11H11BrN2. The van der Waals surface area contributed by atoms with Crippen LogP contribution in [-0.4, -0.2) is 9.97 Å². The van der Waals surface area contributed by atoms with Crippen LogP contribution in [0.4, 0.5) is 0 Å². The summed E-state index contributed by atoms with van der Waals surface area (Å²) in [6.45, 7) is 4.04. The number of hydrogen-bond acceptors (Lipinski definition) is 1. The maximum absolute atomic E-state index is 4.45. The quantitative estimate of drug-likeness (QED) is 0.826. The van der Waals surface area contributed by atoms with E-state index in [1.807, 2.05) is 32.0 Å². The summed E-state index contributed by atoms with van der Waals surface area (Å²) in [6.07, 6.45) is 0. The van der Waals surface area contributed by atoms with Crippen LogP contribution in [0, 0.1) is 13.8 Å². The van der Waals surface area contributed by atoms with Crippen LogP contribution in [0.25, 0.3) is 11.4 Å². The summed E-state index contributed by atoms with van der Waals surface area (Å²) in [4.78, 5) is 7.70. The molecule has 0 atom stereocenters. The average Bonchev–Trinajstić information content (AvgIpc) is 2.47. The number of hydrogen-bond donors (Lipinski definition) is 1. The Morgan fingerprint density at radius 2 is 2.07 bits per heavy atom. The second-order valence-electron chi connectivity index (χ2n) is 3.31. The van der Waals surface area contributed by atoms with E-state index in [0.717, 1.165) is 27.2 Å². The van der Waals surface area contributed by atoms with Gasteiger partial charge in [-0.2, -0.15) is 0 Å². The number of nitrogens with one attached hydrogen (secondary N) is 1. The molecule has 1 aromatic carbocycles. The first kappa shape index (κ1) is 9.46. The van der Waals surface area contributed by atoms with E-state index >= 15 is 0 Å². The fraction of sp³-hybridized carbons (Fsp3) is 0.182. The van der Waals surface area contributed by atoms with Gasteiger partial charge in [0.15, 0.2) is 0 Å². The molecule has 0 bridgehead atoms. The topological polar surface area (TPSA) is 28.7 Å². The predicted octanol–water partition coefficient (Wildman–Crippen LogP) is 3.46. The van der Waals surface area contributed by atoms with E-state index in [1.165, 1.54) is 0 Å². The fourth-order valence-electron chi connectivity index (χ4n) is 1.32. The summed E-state index contributed by atoms with van der Waals surface area (Å²) in [5.74, 6) is 0.932. The van der Waals surface area contributed by atoms with Gasteiger partial charge in [-0.3, -0.25) is 0 Å². The van der Waals surface area contributed by atoms with Crippen molar-refractivity contribution in [2.45, 2.75) is 13.8 Å². The van der Waals surface area contributed by atoms with Gasteiger partial charge in [-0.1, -0.05) is 28.1 Å². The van der Waals surface area contributed by atoms with Gasteiger partial charge in [0.1, 0.15) is 5.82 Å². The molecule has 0 aliphatic carbocycles. The van der Waals surface area contributed by atoms with Crippen LogP contribution in [0.15, 0.2) is 28.7 Å². The van der Waals surface area contributed by atoms with E-state index in [9.17, 15) is 0 Å². The number of aromatic nitrogens is 2. The average molecular weight is 251 g/mol. The van der Waals surface area contributed by atoms with Gasteiger partial charge in [-0.05, 0) is 26.0 Å². The van der Waals surface area contributed by atoms with Crippen molar-refractivity contribution in [1.82, 2.24) is 9.97 Å². The Balaban J connectivity index is 2.49. The molecule has 72 valence electrons. The highest BCUT2D eigenvalue weighted by molar-refractivity contribution is 9.10. The Hall–Kier alpha value is -1.09. The van der Waals surface area contributed by atoms with Crippen LogP contribution in [-0.2, 0) is 0 Å².